The Kier molecular flexibility index (Phi) is 3.88. The van der Waals surface area contributed by atoms with Crippen molar-refractivity contribution in [3.8, 4) is 0 Å². The summed E-state index contributed by atoms with van der Waals surface area (Å²) in [5.41, 5.74) is 3.01. The van der Waals surface area contributed by atoms with Crippen molar-refractivity contribution in [2.45, 2.75) is 33.2 Å². The van der Waals surface area contributed by atoms with Gasteiger partial charge < -0.3 is 9.47 Å². The van der Waals surface area contributed by atoms with Gasteiger partial charge in [-0.2, -0.15) is 0 Å². The van der Waals surface area contributed by atoms with Crippen LogP contribution in [0.15, 0.2) is 31.1 Å². The van der Waals surface area contributed by atoms with Gasteiger partial charge in [0.15, 0.2) is 5.65 Å². The van der Waals surface area contributed by atoms with Crippen LogP contribution in [0.2, 0.25) is 0 Å². The Bertz CT molecular complexity index is 834. The van der Waals surface area contributed by atoms with Crippen LogP contribution in [0.25, 0.3) is 11.0 Å². The Morgan fingerprint density at radius 2 is 2.00 bits per heavy atom. The Balaban J connectivity index is 1.54. The predicted molar refractivity (Wildman–Crippen MR) is 94.0 cm³/mol. The minimum absolute atomic E-state index is 0.699. The van der Waals surface area contributed by atoms with E-state index in [9.17, 15) is 0 Å². The monoisotopic (exact) mass is 322 g/mol. The van der Waals surface area contributed by atoms with Crippen molar-refractivity contribution in [3.05, 3.63) is 42.4 Å². The summed E-state index contributed by atoms with van der Waals surface area (Å²) in [6, 6.07) is 2.11. The maximum Gasteiger partial charge on any atom is 0.165 e. The summed E-state index contributed by atoms with van der Waals surface area (Å²) in [4.78, 5) is 20.0. The van der Waals surface area contributed by atoms with Crippen molar-refractivity contribution < 1.29 is 0 Å². The molecule has 0 radical (unpaired) electrons. The van der Waals surface area contributed by atoms with Gasteiger partial charge in [0.2, 0.25) is 0 Å². The molecule has 0 aliphatic carbocycles. The zero-order valence-electron chi connectivity index (χ0n) is 14.2. The van der Waals surface area contributed by atoms with E-state index in [-0.39, 0.29) is 0 Å². The number of aryl methyl sites for hydroxylation is 2. The van der Waals surface area contributed by atoms with Gasteiger partial charge in [-0.15, -0.1) is 0 Å². The molecule has 6 heteroatoms. The van der Waals surface area contributed by atoms with E-state index in [0.717, 1.165) is 42.2 Å². The Morgan fingerprint density at radius 1 is 1.17 bits per heavy atom. The number of hydrogen-bond acceptors (Lipinski definition) is 5. The number of nitrogens with zero attached hydrogens (tertiary/aromatic N) is 6. The summed E-state index contributed by atoms with van der Waals surface area (Å²) < 4.78 is 2.18. The first-order valence-corrected chi connectivity index (χ1v) is 8.50. The van der Waals surface area contributed by atoms with E-state index in [1.165, 1.54) is 18.4 Å². The molecule has 24 heavy (non-hydrogen) atoms. The largest absolute Gasteiger partial charge is 0.356 e. The average Bonchev–Trinajstić information content (AvgIpc) is 3.08. The lowest BCUT2D eigenvalue weighted by molar-refractivity contribution is 0.356. The normalized spacial score (nSPS) is 16.0. The van der Waals surface area contributed by atoms with Crippen molar-refractivity contribution >= 4 is 16.9 Å². The van der Waals surface area contributed by atoms with Crippen molar-refractivity contribution in [2.24, 2.45) is 5.92 Å². The lowest BCUT2D eigenvalue weighted by Gasteiger charge is -2.33. The van der Waals surface area contributed by atoms with Gasteiger partial charge in [0.1, 0.15) is 12.1 Å². The zero-order chi connectivity index (χ0) is 16.5. The van der Waals surface area contributed by atoms with Crippen molar-refractivity contribution in [2.75, 3.05) is 18.0 Å². The van der Waals surface area contributed by atoms with Crippen LogP contribution < -0.4 is 4.90 Å². The standard InChI is InChI=1S/C18H22N6/c1-13-9-14(2)22-17-16(13)18(21-11-20-17)24-6-3-15(4-7-24)10-23-8-5-19-12-23/h5,8-9,11-12,15H,3-4,6-7,10H2,1-2H3. The highest BCUT2D eigenvalue weighted by Crippen LogP contribution is 2.29. The molecule has 3 aromatic rings. The zero-order valence-corrected chi connectivity index (χ0v) is 14.2. The van der Waals surface area contributed by atoms with Gasteiger partial charge in [-0.3, -0.25) is 0 Å². The lowest BCUT2D eigenvalue weighted by atomic mass is 9.96. The first-order valence-electron chi connectivity index (χ1n) is 8.50. The quantitative estimate of drug-likeness (QED) is 0.742. The minimum atomic E-state index is 0.699. The van der Waals surface area contributed by atoms with Crippen LogP contribution in [0, 0.1) is 19.8 Å². The first-order chi connectivity index (χ1) is 11.7. The fourth-order valence-electron chi connectivity index (χ4n) is 3.65. The molecule has 0 saturated carbocycles. The summed E-state index contributed by atoms with van der Waals surface area (Å²) in [6.45, 7) is 7.24. The summed E-state index contributed by atoms with van der Waals surface area (Å²) in [5, 5.41) is 1.09. The molecule has 1 aliphatic heterocycles. The second-order valence-electron chi connectivity index (χ2n) is 6.67. The van der Waals surface area contributed by atoms with E-state index in [0.29, 0.717) is 5.92 Å². The number of anilines is 1. The van der Waals surface area contributed by atoms with Crippen LogP contribution in [-0.4, -0.2) is 37.6 Å². The Morgan fingerprint density at radius 3 is 2.75 bits per heavy atom. The van der Waals surface area contributed by atoms with E-state index in [4.69, 9.17) is 0 Å². The smallest absolute Gasteiger partial charge is 0.165 e. The van der Waals surface area contributed by atoms with E-state index in [2.05, 4.69) is 42.4 Å². The molecule has 0 unspecified atom stereocenters. The van der Waals surface area contributed by atoms with Gasteiger partial charge in [0.05, 0.1) is 11.7 Å². The van der Waals surface area contributed by atoms with Crippen LogP contribution in [0.1, 0.15) is 24.1 Å². The molecule has 1 aliphatic rings. The number of fused-ring (bicyclic) bond motifs is 1. The average molecular weight is 322 g/mol. The molecule has 6 nitrogen and oxygen atoms in total. The molecule has 0 aromatic carbocycles. The molecular formula is C18H22N6. The number of rotatable bonds is 3. The SMILES string of the molecule is Cc1cc(C)c2c(N3CCC(Cn4ccnc4)CC3)ncnc2n1. The van der Waals surface area contributed by atoms with Crippen LogP contribution in [0.5, 0.6) is 0 Å². The topological polar surface area (TPSA) is 59.7 Å². The highest BCUT2D eigenvalue weighted by atomic mass is 15.2. The Hall–Kier alpha value is -2.50. The van der Waals surface area contributed by atoms with Gasteiger partial charge in [-0.25, -0.2) is 19.9 Å². The van der Waals surface area contributed by atoms with Gasteiger partial charge >= 0.3 is 0 Å². The predicted octanol–water partition coefficient (Wildman–Crippen LogP) is 2.75. The molecule has 3 aromatic heterocycles. The third-order valence-electron chi connectivity index (χ3n) is 4.85. The van der Waals surface area contributed by atoms with E-state index < -0.39 is 0 Å². The number of aromatic nitrogens is 5. The molecule has 124 valence electrons. The summed E-state index contributed by atoms with van der Waals surface area (Å²) in [7, 11) is 0. The van der Waals surface area contributed by atoms with E-state index >= 15 is 0 Å². The second kappa shape index (κ2) is 6.19. The molecule has 4 rings (SSSR count). The minimum Gasteiger partial charge on any atom is -0.356 e. The maximum absolute atomic E-state index is 4.58. The van der Waals surface area contributed by atoms with Crippen molar-refractivity contribution in [1.82, 2.24) is 24.5 Å². The third kappa shape index (κ3) is 2.84. The van der Waals surface area contributed by atoms with Gasteiger partial charge in [-0.1, -0.05) is 0 Å². The van der Waals surface area contributed by atoms with Gasteiger partial charge in [0.25, 0.3) is 0 Å². The van der Waals surface area contributed by atoms with Gasteiger partial charge in [-0.05, 0) is 44.2 Å². The van der Waals surface area contributed by atoms with Crippen LogP contribution in [0.4, 0.5) is 5.82 Å². The summed E-state index contributed by atoms with van der Waals surface area (Å²) >= 11 is 0. The van der Waals surface area contributed by atoms with Gasteiger partial charge in [0, 0.05) is 37.7 Å². The molecule has 1 fully saturated rings. The van der Waals surface area contributed by atoms with Crippen LogP contribution in [0.3, 0.4) is 0 Å². The molecule has 4 heterocycles. The third-order valence-corrected chi connectivity index (χ3v) is 4.85. The molecular weight excluding hydrogens is 300 g/mol. The molecule has 1 saturated heterocycles. The highest BCUT2D eigenvalue weighted by molar-refractivity contribution is 5.90. The summed E-state index contributed by atoms with van der Waals surface area (Å²) in [6.07, 6.45) is 9.77. The molecule has 0 bridgehead atoms. The molecule has 0 spiro atoms. The molecule has 0 amide bonds. The van der Waals surface area contributed by atoms with Crippen LogP contribution in [-0.2, 0) is 6.54 Å². The molecule has 0 N–H and O–H groups in total. The number of piperidine rings is 1. The summed E-state index contributed by atoms with van der Waals surface area (Å²) in [5.74, 6) is 1.73. The molecule has 0 atom stereocenters. The fraction of sp³-hybridized carbons (Fsp3) is 0.444. The van der Waals surface area contributed by atoms with Crippen molar-refractivity contribution in [1.29, 1.82) is 0 Å². The Labute approximate surface area is 141 Å². The number of hydrogen-bond donors (Lipinski definition) is 0. The first kappa shape index (κ1) is 15.1. The van der Waals surface area contributed by atoms with E-state index in [1.54, 1.807) is 6.33 Å². The fourth-order valence-corrected chi connectivity index (χ4v) is 3.65. The lowest BCUT2D eigenvalue weighted by Crippen LogP contribution is -2.35. The number of imidazole rings is 1. The van der Waals surface area contributed by atoms with Crippen molar-refractivity contribution in [3.63, 3.8) is 0 Å². The maximum atomic E-state index is 4.58. The second-order valence-corrected chi connectivity index (χ2v) is 6.67. The number of pyridine rings is 1. The van der Waals surface area contributed by atoms with E-state index in [1.807, 2.05) is 25.6 Å². The van der Waals surface area contributed by atoms with Crippen LogP contribution >= 0.6 is 0 Å². The highest BCUT2D eigenvalue weighted by Gasteiger charge is 2.22.